The normalized spacial score (nSPS) is 10.7. The van der Waals surface area contributed by atoms with Gasteiger partial charge in [0.25, 0.3) is 0 Å². The first-order chi connectivity index (χ1) is 9.81. The van der Waals surface area contributed by atoms with Gasteiger partial charge < -0.3 is 24.3 Å². The van der Waals surface area contributed by atoms with Crippen LogP contribution in [0.4, 0.5) is 0 Å². The van der Waals surface area contributed by atoms with Crippen LogP contribution in [0.2, 0.25) is 0 Å². The molecule has 0 radical (unpaired) electrons. The van der Waals surface area contributed by atoms with Crippen LogP contribution in [0.1, 0.15) is 26.7 Å². The molecule has 0 aliphatic carbocycles. The molecule has 1 N–H and O–H groups in total. The van der Waals surface area contributed by atoms with Gasteiger partial charge in [0.15, 0.2) is 0 Å². The average molecular weight is 291 g/mol. The standard InChI is InChI=1S/C14H29NO5/c1-3-6-17-8-10-19-12-13-20-11-9-18-7-5-14(16)15-4-2/h3-13H2,1-2H3,(H,15,16). The summed E-state index contributed by atoms with van der Waals surface area (Å²) in [5.41, 5.74) is 0. The molecule has 0 fully saturated rings. The zero-order valence-corrected chi connectivity index (χ0v) is 12.8. The van der Waals surface area contributed by atoms with Crippen molar-refractivity contribution in [3.05, 3.63) is 0 Å². The maximum atomic E-state index is 11.1. The molecule has 0 aromatic heterocycles. The first kappa shape index (κ1) is 19.3. The minimum atomic E-state index is 0.0205. The van der Waals surface area contributed by atoms with Crippen molar-refractivity contribution in [3.8, 4) is 0 Å². The van der Waals surface area contributed by atoms with Crippen molar-refractivity contribution >= 4 is 5.91 Å². The molecule has 0 atom stereocenters. The van der Waals surface area contributed by atoms with Crippen molar-refractivity contribution in [1.82, 2.24) is 5.32 Å². The molecule has 0 saturated carbocycles. The number of hydrogen-bond donors (Lipinski definition) is 1. The van der Waals surface area contributed by atoms with E-state index in [2.05, 4.69) is 12.2 Å². The minimum Gasteiger partial charge on any atom is -0.379 e. The molecule has 6 nitrogen and oxygen atoms in total. The summed E-state index contributed by atoms with van der Waals surface area (Å²) in [6.07, 6.45) is 1.43. The molecule has 120 valence electrons. The predicted molar refractivity (Wildman–Crippen MR) is 76.9 cm³/mol. The second kappa shape index (κ2) is 16.4. The lowest BCUT2D eigenvalue weighted by Crippen LogP contribution is -2.24. The largest absolute Gasteiger partial charge is 0.379 e. The van der Waals surface area contributed by atoms with Gasteiger partial charge in [-0.3, -0.25) is 4.79 Å². The third-order valence-corrected chi connectivity index (χ3v) is 2.31. The summed E-state index contributed by atoms with van der Waals surface area (Å²) >= 11 is 0. The molecule has 0 aliphatic rings. The summed E-state index contributed by atoms with van der Waals surface area (Å²) in [6.45, 7) is 9.21. The van der Waals surface area contributed by atoms with Crippen LogP contribution in [0.15, 0.2) is 0 Å². The second-order valence-corrected chi connectivity index (χ2v) is 4.15. The van der Waals surface area contributed by atoms with Gasteiger partial charge in [0.1, 0.15) is 0 Å². The summed E-state index contributed by atoms with van der Waals surface area (Å²) in [5.74, 6) is 0.0205. The fraction of sp³-hybridized carbons (Fsp3) is 0.929. The van der Waals surface area contributed by atoms with Crippen LogP contribution in [-0.2, 0) is 23.7 Å². The van der Waals surface area contributed by atoms with E-state index in [9.17, 15) is 4.79 Å². The van der Waals surface area contributed by atoms with Gasteiger partial charge in [0, 0.05) is 19.6 Å². The lowest BCUT2D eigenvalue weighted by atomic mass is 10.4. The molecule has 0 spiro atoms. The number of hydrogen-bond acceptors (Lipinski definition) is 5. The van der Waals surface area contributed by atoms with Gasteiger partial charge >= 0.3 is 0 Å². The minimum absolute atomic E-state index is 0.0205. The fourth-order valence-electron chi connectivity index (χ4n) is 1.36. The summed E-state index contributed by atoms with van der Waals surface area (Å²) in [6, 6.07) is 0. The molecule has 0 bridgehead atoms. The highest BCUT2D eigenvalue weighted by Gasteiger charge is 1.98. The van der Waals surface area contributed by atoms with Gasteiger partial charge in [-0.05, 0) is 13.3 Å². The smallest absolute Gasteiger partial charge is 0.222 e. The maximum absolute atomic E-state index is 11.1. The summed E-state index contributed by atoms with van der Waals surface area (Å²) in [4.78, 5) is 11.1. The molecule has 0 aromatic carbocycles. The molecule has 20 heavy (non-hydrogen) atoms. The summed E-state index contributed by atoms with van der Waals surface area (Å²) < 4.78 is 21.2. The number of amides is 1. The third-order valence-electron chi connectivity index (χ3n) is 2.31. The van der Waals surface area contributed by atoms with Crippen LogP contribution in [0.3, 0.4) is 0 Å². The van der Waals surface area contributed by atoms with E-state index in [-0.39, 0.29) is 5.91 Å². The number of carbonyl (C=O) groups is 1. The van der Waals surface area contributed by atoms with Crippen LogP contribution >= 0.6 is 0 Å². The van der Waals surface area contributed by atoms with Crippen molar-refractivity contribution in [1.29, 1.82) is 0 Å². The van der Waals surface area contributed by atoms with Crippen LogP contribution in [-0.4, -0.2) is 65.3 Å². The zero-order valence-electron chi connectivity index (χ0n) is 12.8. The van der Waals surface area contributed by atoms with E-state index < -0.39 is 0 Å². The lowest BCUT2D eigenvalue weighted by molar-refractivity contribution is -0.122. The Morgan fingerprint density at radius 2 is 1.20 bits per heavy atom. The van der Waals surface area contributed by atoms with Gasteiger partial charge in [-0.1, -0.05) is 6.92 Å². The highest BCUT2D eigenvalue weighted by molar-refractivity contribution is 5.75. The molecule has 6 heteroatoms. The van der Waals surface area contributed by atoms with E-state index in [4.69, 9.17) is 18.9 Å². The Kier molecular flexibility index (Phi) is 15.8. The molecule has 0 unspecified atom stereocenters. The van der Waals surface area contributed by atoms with E-state index in [0.717, 1.165) is 13.0 Å². The van der Waals surface area contributed by atoms with Gasteiger partial charge in [0.2, 0.25) is 5.91 Å². The quantitative estimate of drug-likeness (QED) is 0.456. The van der Waals surface area contributed by atoms with Gasteiger partial charge in [-0.15, -0.1) is 0 Å². The van der Waals surface area contributed by atoms with E-state index in [1.165, 1.54) is 0 Å². The Labute approximate surface area is 122 Å². The topological polar surface area (TPSA) is 66.0 Å². The van der Waals surface area contributed by atoms with Crippen LogP contribution in [0, 0.1) is 0 Å². The molecular weight excluding hydrogens is 262 g/mol. The molecule has 0 heterocycles. The van der Waals surface area contributed by atoms with Crippen molar-refractivity contribution in [2.45, 2.75) is 26.7 Å². The lowest BCUT2D eigenvalue weighted by Gasteiger charge is -2.07. The number of rotatable bonds is 15. The van der Waals surface area contributed by atoms with Gasteiger partial charge in [-0.25, -0.2) is 0 Å². The number of nitrogens with one attached hydrogen (secondary N) is 1. The number of carbonyl (C=O) groups excluding carboxylic acids is 1. The average Bonchev–Trinajstić information content (AvgIpc) is 2.44. The molecule has 0 rings (SSSR count). The maximum Gasteiger partial charge on any atom is 0.222 e. The Morgan fingerprint density at radius 3 is 1.65 bits per heavy atom. The predicted octanol–water partition coefficient (Wildman–Crippen LogP) is 0.989. The zero-order chi connectivity index (χ0) is 14.9. The molecule has 0 aromatic rings. The Balaban J connectivity index is 3.01. The SMILES string of the molecule is CCCOCCOCCOCCOCCC(=O)NCC. The van der Waals surface area contributed by atoms with E-state index >= 15 is 0 Å². The van der Waals surface area contributed by atoms with Crippen LogP contribution in [0.25, 0.3) is 0 Å². The van der Waals surface area contributed by atoms with E-state index in [1.54, 1.807) is 0 Å². The van der Waals surface area contributed by atoms with Crippen molar-refractivity contribution in [3.63, 3.8) is 0 Å². The number of ether oxygens (including phenoxy) is 4. The van der Waals surface area contributed by atoms with Gasteiger partial charge in [-0.2, -0.15) is 0 Å². The highest BCUT2D eigenvalue weighted by atomic mass is 16.6. The van der Waals surface area contributed by atoms with Crippen molar-refractivity contribution < 1.29 is 23.7 Å². The van der Waals surface area contributed by atoms with Gasteiger partial charge in [0.05, 0.1) is 46.2 Å². The van der Waals surface area contributed by atoms with E-state index in [1.807, 2.05) is 6.92 Å². The van der Waals surface area contributed by atoms with Crippen LogP contribution < -0.4 is 5.32 Å². The highest BCUT2D eigenvalue weighted by Crippen LogP contribution is 1.86. The monoisotopic (exact) mass is 291 g/mol. The first-order valence-corrected chi connectivity index (χ1v) is 7.38. The first-order valence-electron chi connectivity index (χ1n) is 7.38. The molecular formula is C14H29NO5. The second-order valence-electron chi connectivity index (χ2n) is 4.15. The third kappa shape index (κ3) is 15.4. The Bertz CT molecular complexity index is 214. The molecule has 0 aliphatic heterocycles. The Hall–Kier alpha value is -0.690. The summed E-state index contributed by atoms with van der Waals surface area (Å²) in [7, 11) is 0. The van der Waals surface area contributed by atoms with Crippen molar-refractivity contribution in [2.24, 2.45) is 0 Å². The molecule has 1 amide bonds. The summed E-state index contributed by atoms with van der Waals surface area (Å²) in [5, 5.41) is 2.71. The Morgan fingerprint density at radius 1 is 0.750 bits per heavy atom. The van der Waals surface area contributed by atoms with Crippen LogP contribution in [0.5, 0.6) is 0 Å². The van der Waals surface area contributed by atoms with Crippen molar-refractivity contribution in [2.75, 3.05) is 59.4 Å². The van der Waals surface area contributed by atoms with E-state index in [0.29, 0.717) is 59.2 Å². The fourth-order valence-corrected chi connectivity index (χ4v) is 1.36. The molecule has 0 saturated heterocycles.